The zero-order valence-corrected chi connectivity index (χ0v) is 18.2. The molecule has 3 aromatic carbocycles. The molecular weight excluding hydrogens is 408 g/mol. The normalized spacial score (nSPS) is 13.8. The first-order valence-corrected chi connectivity index (χ1v) is 10.3. The van der Waals surface area contributed by atoms with Crippen molar-refractivity contribution in [3.8, 4) is 0 Å². The Morgan fingerprint density at radius 2 is 1.35 bits per heavy atom. The predicted octanol–water partition coefficient (Wildman–Crippen LogP) is 5.22. The van der Waals surface area contributed by atoms with E-state index in [1.54, 1.807) is 6.92 Å². The van der Waals surface area contributed by atoms with E-state index in [9.17, 15) is 4.79 Å². The number of halogens is 1. The first kappa shape index (κ1) is 20.9. The van der Waals surface area contributed by atoms with Crippen molar-refractivity contribution < 1.29 is 4.79 Å². The minimum atomic E-state index is 0. The predicted molar refractivity (Wildman–Crippen MR) is 131 cm³/mol. The van der Waals surface area contributed by atoms with Crippen LogP contribution in [0.3, 0.4) is 0 Å². The van der Waals surface area contributed by atoms with Gasteiger partial charge in [0.1, 0.15) is 0 Å². The average molecular weight is 433 g/mol. The molecule has 2 heterocycles. The molecule has 1 saturated heterocycles. The Hall–Kier alpha value is -3.31. The number of rotatable bonds is 3. The van der Waals surface area contributed by atoms with E-state index in [4.69, 9.17) is 4.98 Å². The van der Waals surface area contributed by atoms with Crippen LogP contribution in [0.25, 0.3) is 21.8 Å². The summed E-state index contributed by atoms with van der Waals surface area (Å²) >= 11 is 0. The van der Waals surface area contributed by atoms with Crippen LogP contribution in [-0.2, 0) is 4.79 Å². The summed E-state index contributed by atoms with van der Waals surface area (Å²) in [6.07, 6.45) is 0. The number of carbonyl (C=O) groups is 1. The molecule has 1 amide bonds. The van der Waals surface area contributed by atoms with Gasteiger partial charge in [-0.2, -0.15) is 0 Å². The number of carbonyl (C=O) groups excluding carboxylic acids is 1. The second kappa shape index (κ2) is 8.82. The first-order chi connectivity index (χ1) is 14.7. The van der Waals surface area contributed by atoms with Gasteiger partial charge in [-0.1, -0.05) is 36.4 Å². The average Bonchev–Trinajstić information content (AvgIpc) is 2.79. The monoisotopic (exact) mass is 432 g/mol. The van der Waals surface area contributed by atoms with Crippen LogP contribution in [0.1, 0.15) is 6.92 Å². The molecule has 0 spiro atoms. The third-order valence-corrected chi connectivity index (χ3v) is 5.81. The Balaban J connectivity index is 0.00000231. The second-order valence-electron chi connectivity index (χ2n) is 7.69. The van der Waals surface area contributed by atoms with E-state index in [0.29, 0.717) is 0 Å². The summed E-state index contributed by atoms with van der Waals surface area (Å²) in [7, 11) is 0. The maximum Gasteiger partial charge on any atom is 0.219 e. The standard InChI is InChI=1S/C25H24N4O.ClH/c1-18(30)28-14-16-29(17-15-28)20-12-10-19(11-13-20)26-25-21-6-2-4-8-23(21)27-24-9-5-3-7-22(24)25;/h2-13H,14-17H2,1H3,(H,26,27);1H. The molecule has 4 aromatic rings. The van der Waals surface area contributed by atoms with Crippen molar-refractivity contribution in [2.45, 2.75) is 6.92 Å². The van der Waals surface area contributed by atoms with Gasteiger partial charge in [0.25, 0.3) is 0 Å². The maximum absolute atomic E-state index is 11.5. The van der Waals surface area contributed by atoms with Gasteiger partial charge in [-0.15, -0.1) is 12.4 Å². The van der Waals surface area contributed by atoms with E-state index >= 15 is 0 Å². The van der Waals surface area contributed by atoms with Crippen molar-refractivity contribution in [1.82, 2.24) is 9.88 Å². The summed E-state index contributed by atoms with van der Waals surface area (Å²) in [5, 5.41) is 5.85. The summed E-state index contributed by atoms with van der Waals surface area (Å²) in [4.78, 5) is 20.6. The highest BCUT2D eigenvalue weighted by atomic mass is 35.5. The van der Waals surface area contributed by atoms with Crippen molar-refractivity contribution in [3.05, 3.63) is 72.8 Å². The fourth-order valence-corrected chi connectivity index (χ4v) is 4.15. The summed E-state index contributed by atoms with van der Waals surface area (Å²) in [6, 6.07) is 25.0. The topological polar surface area (TPSA) is 48.5 Å². The van der Waals surface area contributed by atoms with E-state index in [0.717, 1.165) is 59.4 Å². The Morgan fingerprint density at radius 3 is 1.90 bits per heavy atom. The first-order valence-electron chi connectivity index (χ1n) is 10.3. The third-order valence-electron chi connectivity index (χ3n) is 5.81. The van der Waals surface area contributed by atoms with Gasteiger partial charge in [0, 0.05) is 55.2 Å². The summed E-state index contributed by atoms with van der Waals surface area (Å²) in [5.74, 6) is 0.158. The van der Waals surface area contributed by atoms with Gasteiger partial charge in [0.05, 0.1) is 16.7 Å². The van der Waals surface area contributed by atoms with Crippen LogP contribution in [0.5, 0.6) is 0 Å². The van der Waals surface area contributed by atoms with Gasteiger partial charge < -0.3 is 15.1 Å². The van der Waals surface area contributed by atoms with Gasteiger partial charge in [-0.05, 0) is 36.4 Å². The van der Waals surface area contributed by atoms with Crippen LogP contribution in [0.15, 0.2) is 72.8 Å². The fraction of sp³-hybridized carbons (Fsp3) is 0.200. The van der Waals surface area contributed by atoms with E-state index < -0.39 is 0 Å². The van der Waals surface area contributed by atoms with E-state index in [1.807, 2.05) is 29.2 Å². The van der Waals surface area contributed by atoms with Gasteiger partial charge >= 0.3 is 0 Å². The Labute approximate surface area is 188 Å². The molecule has 31 heavy (non-hydrogen) atoms. The number of benzene rings is 3. The number of hydrogen-bond donors (Lipinski definition) is 1. The van der Waals surface area contributed by atoms with Gasteiger partial charge in [0.15, 0.2) is 0 Å². The van der Waals surface area contributed by atoms with Crippen LogP contribution >= 0.6 is 12.4 Å². The quantitative estimate of drug-likeness (QED) is 0.451. The molecule has 6 heteroatoms. The SMILES string of the molecule is CC(=O)N1CCN(c2ccc(Nc3c4ccccc4nc4ccccc34)cc2)CC1.Cl. The van der Waals surface area contributed by atoms with Crippen LogP contribution < -0.4 is 10.2 Å². The molecule has 0 unspecified atom stereocenters. The Bertz CT molecular complexity index is 1160. The van der Waals surface area contributed by atoms with Crippen LogP contribution in [-0.4, -0.2) is 42.0 Å². The molecule has 1 N–H and O–H groups in total. The molecule has 1 fully saturated rings. The highest BCUT2D eigenvalue weighted by Crippen LogP contribution is 2.33. The Morgan fingerprint density at radius 1 is 0.806 bits per heavy atom. The molecule has 0 atom stereocenters. The smallest absolute Gasteiger partial charge is 0.219 e. The molecule has 0 bridgehead atoms. The molecule has 1 aliphatic rings. The number of anilines is 3. The van der Waals surface area contributed by atoms with Gasteiger partial charge in [-0.25, -0.2) is 4.98 Å². The number of piperazine rings is 1. The molecule has 5 nitrogen and oxygen atoms in total. The van der Waals surface area contributed by atoms with Crippen molar-refractivity contribution >= 4 is 57.2 Å². The van der Waals surface area contributed by atoms with Crippen LogP contribution in [0.4, 0.5) is 17.1 Å². The number of hydrogen-bond acceptors (Lipinski definition) is 4. The molecule has 0 saturated carbocycles. The second-order valence-corrected chi connectivity index (χ2v) is 7.69. The zero-order valence-electron chi connectivity index (χ0n) is 17.4. The minimum absolute atomic E-state index is 0. The number of para-hydroxylation sites is 2. The van der Waals surface area contributed by atoms with Crippen molar-refractivity contribution in [1.29, 1.82) is 0 Å². The summed E-state index contributed by atoms with van der Waals surface area (Å²) < 4.78 is 0. The number of aromatic nitrogens is 1. The van der Waals surface area contributed by atoms with Crippen molar-refractivity contribution in [2.75, 3.05) is 36.4 Å². The Kier molecular flexibility index (Phi) is 5.96. The lowest BCUT2D eigenvalue weighted by atomic mass is 10.1. The number of amides is 1. The molecular formula is C25H25ClN4O. The number of nitrogens with zero attached hydrogens (tertiary/aromatic N) is 3. The van der Waals surface area contributed by atoms with E-state index in [1.165, 1.54) is 5.69 Å². The molecule has 5 rings (SSSR count). The third kappa shape index (κ3) is 4.14. The molecule has 1 aromatic heterocycles. The fourth-order valence-electron chi connectivity index (χ4n) is 4.15. The number of pyridine rings is 1. The van der Waals surface area contributed by atoms with E-state index in [-0.39, 0.29) is 18.3 Å². The largest absolute Gasteiger partial charge is 0.368 e. The lowest BCUT2D eigenvalue weighted by Crippen LogP contribution is -2.48. The highest BCUT2D eigenvalue weighted by Gasteiger charge is 2.18. The lowest BCUT2D eigenvalue weighted by molar-refractivity contribution is -0.129. The number of nitrogens with one attached hydrogen (secondary N) is 1. The molecule has 1 aliphatic heterocycles. The summed E-state index contributed by atoms with van der Waals surface area (Å²) in [6.45, 7) is 4.94. The van der Waals surface area contributed by atoms with Crippen LogP contribution in [0, 0.1) is 0 Å². The van der Waals surface area contributed by atoms with Gasteiger partial charge in [0.2, 0.25) is 5.91 Å². The minimum Gasteiger partial charge on any atom is -0.368 e. The maximum atomic E-state index is 11.5. The van der Waals surface area contributed by atoms with Gasteiger partial charge in [-0.3, -0.25) is 4.79 Å². The van der Waals surface area contributed by atoms with Crippen LogP contribution in [0.2, 0.25) is 0 Å². The lowest BCUT2D eigenvalue weighted by Gasteiger charge is -2.35. The van der Waals surface area contributed by atoms with Crippen molar-refractivity contribution in [3.63, 3.8) is 0 Å². The number of fused-ring (bicyclic) bond motifs is 2. The molecule has 0 radical (unpaired) electrons. The molecule has 0 aliphatic carbocycles. The highest BCUT2D eigenvalue weighted by molar-refractivity contribution is 6.08. The van der Waals surface area contributed by atoms with Crippen molar-refractivity contribution in [2.24, 2.45) is 0 Å². The molecule has 158 valence electrons. The zero-order chi connectivity index (χ0) is 20.5. The summed E-state index contributed by atoms with van der Waals surface area (Å²) in [5.41, 5.74) is 5.28. The van der Waals surface area contributed by atoms with E-state index in [2.05, 4.69) is 58.7 Å².